The summed E-state index contributed by atoms with van der Waals surface area (Å²) in [5.74, 6) is 5.11. The minimum Gasteiger partial charge on any atom is -0.357 e. The van der Waals surface area contributed by atoms with Crippen LogP contribution in [0.15, 0.2) is 12.3 Å². The van der Waals surface area contributed by atoms with Gasteiger partial charge in [-0.3, -0.25) is 11.3 Å². The largest absolute Gasteiger partial charge is 0.357 e. The van der Waals surface area contributed by atoms with Gasteiger partial charge in [0.05, 0.1) is 5.69 Å². The third-order valence-corrected chi connectivity index (χ3v) is 1.31. The highest BCUT2D eigenvalue weighted by Crippen LogP contribution is 2.13. The highest BCUT2D eigenvalue weighted by atomic mass is 35.5. The van der Waals surface area contributed by atoms with E-state index in [4.69, 9.17) is 22.9 Å². The molecule has 5 heteroatoms. The number of H-pyrrole nitrogens is 1. The van der Waals surface area contributed by atoms with Crippen molar-refractivity contribution in [3.05, 3.63) is 18.0 Å². The van der Waals surface area contributed by atoms with Gasteiger partial charge in [0.25, 0.3) is 0 Å². The fourth-order valence-electron chi connectivity index (χ4n) is 0.671. The molecule has 5 N–H and O–H groups in total. The van der Waals surface area contributed by atoms with Gasteiger partial charge in [-0.05, 0) is 6.07 Å². The standard InChI is InChI=1S/C5H7ClN4/c6-5(7)4-3(10-8)1-2-9-4/h1-2,7,9-10H,8H2. The number of hydrazine groups is 1. The van der Waals surface area contributed by atoms with Crippen molar-refractivity contribution in [1.29, 1.82) is 5.41 Å². The highest BCUT2D eigenvalue weighted by molar-refractivity contribution is 6.68. The molecular weight excluding hydrogens is 152 g/mol. The van der Waals surface area contributed by atoms with Crippen molar-refractivity contribution in [3.63, 3.8) is 0 Å². The quantitative estimate of drug-likeness (QED) is 0.293. The maximum absolute atomic E-state index is 7.03. The van der Waals surface area contributed by atoms with Crippen molar-refractivity contribution in [2.75, 3.05) is 5.43 Å². The van der Waals surface area contributed by atoms with Gasteiger partial charge in [-0.25, -0.2) is 0 Å². The number of aromatic nitrogens is 1. The van der Waals surface area contributed by atoms with E-state index in [-0.39, 0.29) is 5.17 Å². The van der Waals surface area contributed by atoms with Crippen LogP contribution in [0.25, 0.3) is 0 Å². The van der Waals surface area contributed by atoms with Crippen molar-refractivity contribution in [2.45, 2.75) is 0 Å². The second kappa shape index (κ2) is 2.72. The van der Waals surface area contributed by atoms with Crippen molar-refractivity contribution < 1.29 is 0 Å². The van der Waals surface area contributed by atoms with Crippen molar-refractivity contribution in [1.82, 2.24) is 4.98 Å². The number of hydrogen-bond donors (Lipinski definition) is 4. The van der Waals surface area contributed by atoms with Crippen LogP contribution in [0.1, 0.15) is 5.69 Å². The molecule has 10 heavy (non-hydrogen) atoms. The van der Waals surface area contributed by atoms with Gasteiger partial charge < -0.3 is 10.4 Å². The summed E-state index contributed by atoms with van der Waals surface area (Å²) in [6.07, 6.45) is 1.65. The van der Waals surface area contributed by atoms with Gasteiger partial charge in [-0.1, -0.05) is 11.6 Å². The van der Waals surface area contributed by atoms with E-state index in [0.29, 0.717) is 11.4 Å². The van der Waals surface area contributed by atoms with Gasteiger partial charge in [-0.2, -0.15) is 0 Å². The van der Waals surface area contributed by atoms with E-state index < -0.39 is 0 Å². The third-order valence-electron chi connectivity index (χ3n) is 1.12. The van der Waals surface area contributed by atoms with Crippen LogP contribution in [-0.4, -0.2) is 10.2 Å². The predicted octanol–water partition coefficient (Wildman–Crippen LogP) is 0.864. The summed E-state index contributed by atoms with van der Waals surface area (Å²) in [5, 5.41) is 6.98. The van der Waals surface area contributed by atoms with Gasteiger partial charge in [0, 0.05) is 6.20 Å². The minimum absolute atomic E-state index is 0.0575. The Bertz CT molecular complexity index is 242. The van der Waals surface area contributed by atoms with Gasteiger partial charge in [0.2, 0.25) is 0 Å². The average Bonchev–Trinajstić information content (AvgIpc) is 2.33. The number of aromatic amines is 1. The van der Waals surface area contributed by atoms with Crippen LogP contribution in [0, 0.1) is 5.41 Å². The Morgan fingerprint density at radius 1 is 1.80 bits per heavy atom. The fraction of sp³-hybridized carbons (Fsp3) is 0. The Hall–Kier alpha value is -1.00. The molecule has 0 radical (unpaired) electrons. The summed E-state index contributed by atoms with van der Waals surface area (Å²) in [6, 6.07) is 1.70. The monoisotopic (exact) mass is 158 g/mol. The van der Waals surface area contributed by atoms with E-state index in [0.717, 1.165) is 0 Å². The summed E-state index contributed by atoms with van der Waals surface area (Å²) in [7, 11) is 0. The van der Waals surface area contributed by atoms with Crippen LogP contribution < -0.4 is 11.3 Å². The molecule has 0 aliphatic heterocycles. The lowest BCUT2D eigenvalue weighted by Crippen LogP contribution is -2.08. The highest BCUT2D eigenvalue weighted by Gasteiger charge is 2.03. The number of nitrogens with two attached hydrogens (primary N) is 1. The lowest BCUT2D eigenvalue weighted by atomic mass is 10.4. The molecule has 54 valence electrons. The molecular formula is C5H7ClN4. The second-order valence-corrected chi connectivity index (χ2v) is 2.10. The number of rotatable bonds is 2. The summed E-state index contributed by atoms with van der Waals surface area (Å²) in [5.41, 5.74) is 3.53. The average molecular weight is 159 g/mol. The predicted molar refractivity (Wildman–Crippen MR) is 41.3 cm³/mol. The molecule has 0 amide bonds. The van der Waals surface area contributed by atoms with Gasteiger partial charge >= 0.3 is 0 Å². The Morgan fingerprint density at radius 3 is 2.90 bits per heavy atom. The second-order valence-electron chi connectivity index (χ2n) is 1.72. The normalized spacial score (nSPS) is 9.40. The smallest absolute Gasteiger partial charge is 0.146 e. The summed E-state index contributed by atoms with van der Waals surface area (Å²) < 4.78 is 0. The molecule has 0 saturated heterocycles. The van der Waals surface area contributed by atoms with Gasteiger partial charge in [-0.15, -0.1) is 0 Å². The molecule has 0 aromatic carbocycles. The van der Waals surface area contributed by atoms with E-state index in [1.807, 2.05) is 0 Å². The third kappa shape index (κ3) is 1.12. The SMILES string of the molecule is N=C(Cl)c1[nH]ccc1NN. The van der Waals surface area contributed by atoms with Gasteiger partial charge in [0.15, 0.2) is 0 Å². The van der Waals surface area contributed by atoms with E-state index in [1.54, 1.807) is 12.3 Å². The summed E-state index contributed by atoms with van der Waals surface area (Å²) in [6.45, 7) is 0. The molecule has 0 saturated carbocycles. The Kier molecular flexibility index (Phi) is 1.94. The van der Waals surface area contributed by atoms with Crippen LogP contribution >= 0.6 is 11.6 Å². The number of nitrogen functional groups attached to an aromatic ring is 1. The number of halogens is 1. The van der Waals surface area contributed by atoms with Crippen LogP contribution in [0.4, 0.5) is 5.69 Å². The lowest BCUT2D eigenvalue weighted by molar-refractivity contribution is 1.31. The molecule has 0 fully saturated rings. The van der Waals surface area contributed by atoms with Crippen LogP contribution in [-0.2, 0) is 0 Å². The molecule has 0 bridgehead atoms. The zero-order valence-electron chi connectivity index (χ0n) is 5.11. The minimum atomic E-state index is -0.0575. The Labute approximate surface area is 62.9 Å². The van der Waals surface area contributed by atoms with E-state index >= 15 is 0 Å². The van der Waals surface area contributed by atoms with Crippen LogP contribution in [0.2, 0.25) is 0 Å². The topological polar surface area (TPSA) is 77.7 Å². The first kappa shape index (κ1) is 7.11. The van der Waals surface area contributed by atoms with Crippen LogP contribution in [0.3, 0.4) is 0 Å². The van der Waals surface area contributed by atoms with Gasteiger partial charge in [0.1, 0.15) is 10.9 Å². The Morgan fingerprint density at radius 2 is 2.50 bits per heavy atom. The zero-order valence-corrected chi connectivity index (χ0v) is 5.87. The first-order valence-electron chi connectivity index (χ1n) is 2.64. The maximum Gasteiger partial charge on any atom is 0.146 e. The lowest BCUT2D eigenvalue weighted by Gasteiger charge is -1.97. The molecule has 0 atom stereocenters. The number of hydrogen-bond acceptors (Lipinski definition) is 3. The molecule has 0 unspecified atom stereocenters. The van der Waals surface area contributed by atoms with Crippen molar-refractivity contribution >= 4 is 22.5 Å². The van der Waals surface area contributed by atoms with Crippen molar-refractivity contribution in [2.24, 2.45) is 5.84 Å². The van der Waals surface area contributed by atoms with E-state index in [1.165, 1.54) is 0 Å². The molecule has 1 rings (SSSR count). The number of anilines is 1. The van der Waals surface area contributed by atoms with E-state index in [9.17, 15) is 0 Å². The molecule has 1 heterocycles. The number of nitrogens with one attached hydrogen (secondary N) is 3. The molecule has 0 aliphatic carbocycles. The van der Waals surface area contributed by atoms with E-state index in [2.05, 4.69) is 10.4 Å². The zero-order chi connectivity index (χ0) is 7.56. The molecule has 1 aromatic heterocycles. The first-order chi connectivity index (χ1) is 4.75. The Balaban J connectivity index is 3.01. The fourth-order valence-corrected chi connectivity index (χ4v) is 0.828. The summed E-state index contributed by atoms with van der Waals surface area (Å²) in [4.78, 5) is 2.76. The summed E-state index contributed by atoms with van der Waals surface area (Å²) >= 11 is 5.38. The van der Waals surface area contributed by atoms with Crippen molar-refractivity contribution in [3.8, 4) is 0 Å². The molecule has 0 aliphatic rings. The maximum atomic E-state index is 7.03. The molecule has 4 nitrogen and oxygen atoms in total. The molecule has 1 aromatic rings. The first-order valence-corrected chi connectivity index (χ1v) is 3.02. The molecule has 0 spiro atoms. The van der Waals surface area contributed by atoms with Crippen LogP contribution in [0.5, 0.6) is 0 Å².